The standard InChI is InChI=1S/C20H26N2O2/c1-22(16-18-7-4-3-5-8-18)14-6-13-21-20(23)15-17-9-11-19(24-2)12-10-17/h3-5,7-12H,6,13-16H2,1-2H3,(H,21,23)/p+1. The predicted octanol–water partition coefficient (Wildman–Crippen LogP) is 1.46. The summed E-state index contributed by atoms with van der Waals surface area (Å²) in [6.07, 6.45) is 1.39. The fourth-order valence-corrected chi connectivity index (χ4v) is 2.64. The zero-order valence-corrected chi connectivity index (χ0v) is 14.5. The van der Waals surface area contributed by atoms with Gasteiger partial charge in [-0.25, -0.2) is 0 Å². The lowest BCUT2D eigenvalue weighted by Crippen LogP contribution is -3.07. The summed E-state index contributed by atoms with van der Waals surface area (Å²) in [6.45, 7) is 2.78. The van der Waals surface area contributed by atoms with Crippen LogP contribution in [0.1, 0.15) is 17.5 Å². The van der Waals surface area contributed by atoms with E-state index in [0.29, 0.717) is 6.42 Å². The van der Waals surface area contributed by atoms with Gasteiger partial charge in [0, 0.05) is 18.5 Å². The van der Waals surface area contributed by atoms with Gasteiger partial charge in [-0.2, -0.15) is 0 Å². The number of ether oxygens (including phenoxy) is 1. The van der Waals surface area contributed by atoms with Gasteiger partial charge in [0.2, 0.25) is 5.91 Å². The summed E-state index contributed by atoms with van der Waals surface area (Å²) in [6, 6.07) is 18.1. The normalized spacial score (nSPS) is 11.8. The number of rotatable bonds is 9. The van der Waals surface area contributed by atoms with Crippen LogP contribution in [0.5, 0.6) is 5.75 Å². The molecule has 4 nitrogen and oxygen atoms in total. The maximum Gasteiger partial charge on any atom is 0.224 e. The van der Waals surface area contributed by atoms with Crippen molar-refractivity contribution in [2.24, 2.45) is 0 Å². The van der Waals surface area contributed by atoms with E-state index in [2.05, 4.69) is 36.6 Å². The largest absolute Gasteiger partial charge is 0.497 e. The number of nitrogens with one attached hydrogen (secondary N) is 2. The summed E-state index contributed by atoms with van der Waals surface area (Å²) in [5.74, 6) is 0.879. The second kappa shape index (κ2) is 9.73. The van der Waals surface area contributed by atoms with Crippen LogP contribution in [0, 0.1) is 0 Å². The first-order valence-corrected chi connectivity index (χ1v) is 8.42. The van der Waals surface area contributed by atoms with Crippen LogP contribution in [-0.2, 0) is 17.8 Å². The zero-order valence-electron chi connectivity index (χ0n) is 14.5. The highest BCUT2D eigenvalue weighted by atomic mass is 16.5. The minimum Gasteiger partial charge on any atom is -0.497 e. The molecular formula is C20H27N2O2+. The maximum atomic E-state index is 12.0. The van der Waals surface area contributed by atoms with Crippen molar-refractivity contribution >= 4 is 5.91 Å². The number of hydrogen-bond acceptors (Lipinski definition) is 2. The summed E-state index contributed by atoms with van der Waals surface area (Å²) in [5, 5.41) is 3.00. The van der Waals surface area contributed by atoms with E-state index in [1.54, 1.807) is 7.11 Å². The van der Waals surface area contributed by atoms with E-state index >= 15 is 0 Å². The molecule has 128 valence electrons. The molecule has 4 heteroatoms. The van der Waals surface area contributed by atoms with Crippen LogP contribution >= 0.6 is 0 Å². The van der Waals surface area contributed by atoms with Crippen molar-refractivity contribution in [2.75, 3.05) is 27.2 Å². The van der Waals surface area contributed by atoms with Crippen molar-refractivity contribution in [3.8, 4) is 5.75 Å². The van der Waals surface area contributed by atoms with E-state index in [-0.39, 0.29) is 5.91 Å². The van der Waals surface area contributed by atoms with Gasteiger partial charge in [-0.3, -0.25) is 4.79 Å². The lowest BCUT2D eigenvalue weighted by Gasteiger charge is -2.14. The van der Waals surface area contributed by atoms with Gasteiger partial charge in [0.15, 0.2) is 0 Å². The van der Waals surface area contributed by atoms with E-state index < -0.39 is 0 Å². The second-order valence-corrected chi connectivity index (χ2v) is 6.10. The molecule has 2 aromatic rings. The van der Waals surface area contributed by atoms with Crippen LogP contribution in [-0.4, -0.2) is 33.2 Å². The molecule has 2 rings (SSSR count). The first kappa shape index (κ1) is 18.0. The smallest absolute Gasteiger partial charge is 0.224 e. The Kier molecular flexibility index (Phi) is 7.30. The Morgan fingerprint density at radius 2 is 1.75 bits per heavy atom. The maximum absolute atomic E-state index is 12.0. The Labute approximate surface area is 144 Å². The molecule has 24 heavy (non-hydrogen) atoms. The highest BCUT2D eigenvalue weighted by Gasteiger charge is 2.06. The molecule has 2 N–H and O–H groups in total. The molecule has 2 aromatic carbocycles. The average molecular weight is 327 g/mol. The molecule has 0 spiro atoms. The van der Waals surface area contributed by atoms with E-state index in [9.17, 15) is 4.79 Å². The minimum absolute atomic E-state index is 0.0703. The molecule has 0 aliphatic heterocycles. The average Bonchev–Trinajstić information content (AvgIpc) is 2.60. The van der Waals surface area contributed by atoms with E-state index in [4.69, 9.17) is 4.74 Å². The SMILES string of the molecule is COc1ccc(CC(=O)NCCC[NH+](C)Cc2ccccc2)cc1. The van der Waals surface area contributed by atoms with Crippen molar-refractivity contribution < 1.29 is 14.4 Å². The quantitative estimate of drug-likeness (QED) is 0.685. The van der Waals surface area contributed by atoms with E-state index in [1.165, 1.54) is 10.5 Å². The van der Waals surface area contributed by atoms with E-state index in [1.807, 2.05) is 30.3 Å². The second-order valence-electron chi connectivity index (χ2n) is 6.10. The number of carbonyl (C=O) groups excluding carboxylic acids is 1. The van der Waals surface area contributed by atoms with E-state index in [0.717, 1.165) is 37.4 Å². The lowest BCUT2D eigenvalue weighted by atomic mass is 10.1. The summed E-state index contributed by atoms with van der Waals surface area (Å²) >= 11 is 0. The van der Waals surface area contributed by atoms with Gasteiger partial charge in [0.25, 0.3) is 0 Å². The third-order valence-electron chi connectivity index (χ3n) is 3.97. The van der Waals surface area contributed by atoms with Crippen molar-refractivity contribution in [3.63, 3.8) is 0 Å². The van der Waals surface area contributed by atoms with Crippen molar-refractivity contribution in [1.29, 1.82) is 0 Å². The molecule has 0 saturated heterocycles. The van der Waals surface area contributed by atoms with Gasteiger partial charge < -0.3 is 15.0 Å². The molecule has 0 aliphatic carbocycles. The molecule has 0 aromatic heterocycles. The number of hydrogen-bond donors (Lipinski definition) is 2. The summed E-state index contributed by atoms with van der Waals surface area (Å²) in [5.41, 5.74) is 2.35. The van der Waals surface area contributed by atoms with Crippen LogP contribution in [0.4, 0.5) is 0 Å². The van der Waals surface area contributed by atoms with Gasteiger partial charge in [-0.15, -0.1) is 0 Å². The van der Waals surface area contributed by atoms with Crippen LogP contribution in [0.2, 0.25) is 0 Å². The third-order valence-corrected chi connectivity index (χ3v) is 3.97. The number of amides is 1. The first-order valence-electron chi connectivity index (χ1n) is 8.42. The first-order chi connectivity index (χ1) is 11.7. The zero-order chi connectivity index (χ0) is 17.2. The van der Waals surface area contributed by atoms with Crippen molar-refractivity contribution in [3.05, 3.63) is 65.7 Å². The minimum atomic E-state index is 0.0703. The lowest BCUT2D eigenvalue weighted by molar-refractivity contribution is -0.893. The Hall–Kier alpha value is -2.33. The summed E-state index contributed by atoms with van der Waals surface area (Å²) < 4.78 is 5.12. The number of benzene rings is 2. The van der Waals surface area contributed by atoms with Gasteiger partial charge >= 0.3 is 0 Å². The molecule has 0 fully saturated rings. The number of carbonyl (C=O) groups is 1. The summed E-state index contributed by atoms with van der Waals surface area (Å²) in [7, 11) is 3.82. The molecule has 0 saturated carbocycles. The van der Waals surface area contributed by atoms with Gasteiger partial charge in [0.1, 0.15) is 12.3 Å². The third kappa shape index (κ3) is 6.42. The molecule has 1 unspecified atom stereocenters. The van der Waals surface area contributed by atoms with Crippen LogP contribution in [0.3, 0.4) is 0 Å². The molecule has 1 amide bonds. The summed E-state index contributed by atoms with van der Waals surface area (Å²) in [4.78, 5) is 13.4. The monoisotopic (exact) mass is 327 g/mol. The Balaban J connectivity index is 1.61. The predicted molar refractivity (Wildman–Crippen MR) is 96.2 cm³/mol. The number of methoxy groups -OCH3 is 1. The molecule has 0 heterocycles. The van der Waals surface area contributed by atoms with Crippen LogP contribution in [0.25, 0.3) is 0 Å². The topological polar surface area (TPSA) is 42.8 Å². The molecule has 0 aliphatic rings. The van der Waals surface area contributed by atoms with Crippen molar-refractivity contribution in [1.82, 2.24) is 5.32 Å². The molecule has 0 radical (unpaired) electrons. The van der Waals surface area contributed by atoms with Gasteiger partial charge in [-0.1, -0.05) is 42.5 Å². The van der Waals surface area contributed by atoms with Crippen molar-refractivity contribution in [2.45, 2.75) is 19.4 Å². The highest BCUT2D eigenvalue weighted by molar-refractivity contribution is 5.78. The van der Waals surface area contributed by atoms with Crippen LogP contribution < -0.4 is 15.0 Å². The highest BCUT2D eigenvalue weighted by Crippen LogP contribution is 2.11. The Bertz CT molecular complexity index is 611. The molecule has 1 atom stereocenters. The van der Waals surface area contributed by atoms with Gasteiger partial charge in [0.05, 0.1) is 27.1 Å². The van der Waals surface area contributed by atoms with Crippen LogP contribution in [0.15, 0.2) is 54.6 Å². The Morgan fingerprint density at radius 1 is 1.04 bits per heavy atom. The molecular weight excluding hydrogens is 300 g/mol. The number of quaternary nitrogens is 1. The fraction of sp³-hybridized carbons (Fsp3) is 0.350. The fourth-order valence-electron chi connectivity index (χ4n) is 2.64. The Morgan fingerprint density at radius 3 is 2.42 bits per heavy atom. The molecule has 0 bridgehead atoms. The van der Waals surface area contributed by atoms with Gasteiger partial charge in [-0.05, 0) is 17.7 Å².